The third kappa shape index (κ3) is 3.29. The number of carbonyl (C=O) groups is 4. The number of carbonyl (C=O) groups excluding carboxylic acids is 4. The van der Waals surface area contributed by atoms with Crippen LogP contribution in [0.5, 0.6) is 5.75 Å². The minimum Gasteiger partial charge on any atom is -0.507 e. The molecule has 0 bridgehead atoms. The van der Waals surface area contributed by atoms with E-state index in [0.29, 0.717) is 5.56 Å². The molecule has 1 aromatic rings. The van der Waals surface area contributed by atoms with Gasteiger partial charge in [0.2, 0.25) is 11.7 Å². The van der Waals surface area contributed by atoms with Crippen molar-refractivity contribution in [2.75, 3.05) is 28.2 Å². The molecule has 0 aromatic heterocycles. The van der Waals surface area contributed by atoms with Gasteiger partial charge >= 0.3 is 0 Å². The van der Waals surface area contributed by atoms with Crippen LogP contribution in [-0.2, 0) is 20.8 Å². The maximum atomic E-state index is 13.7. The monoisotopic (exact) mass is 487 g/mol. The van der Waals surface area contributed by atoms with E-state index < -0.39 is 58.7 Å². The van der Waals surface area contributed by atoms with Crippen molar-refractivity contribution in [3.63, 3.8) is 0 Å². The summed E-state index contributed by atoms with van der Waals surface area (Å²) in [7, 11) is 6.28. The second-order valence-electron chi connectivity index (χ2n) is 9.98. The standard InChI is InChI=1S/C24H29N3O8/c1-26(2)17-12-8-9-7-11-10(23(34)27(3)4)5-6-13(28)15(11)18(29)14(9)20(31)24(12,35)21(32)16(19(17)30)22(25)33/h5-6,9,12,16-17,19,28-30,35H,7-8H2,1-4H3,(H2,25,33)/t9-,12-,16?,17?,19?,24?/m0/s1. The van der Waals surface area contributed by atoms with Crippen LogP contribution in [0.2, 0.25) is 0 Å². The zero-order valence-corrected chi connectivity index (χ0v) is 19.8. The number of ketones is 2. The number of hydrogen-bond donors (Lipinski definition) is 5. The van der Waals surface area contributed by atoms with Gasteiger partial charge in [0.15, 0.2) is 11.4 Å². The highest BCUT2D eigenvalue weighted by Gasteiger charge is 2.67. The number of primary amides is 1. The fraction of sp³-hybridized carbons (Fsp3) is 0.500. The average Bonchev–Trinajstić information content (AvgIpc) is 2.75. The van der Waals surface area contributed by atoms with Crippen LogP contribution < -0.4 is 5.73 Å². The van der Waals surface area contributed by atoms with Gasteiger partial charge in [-0.2, -0.15) is 0 Å². The summed E-state index contributed by atoms with van der Waals surface area (Å²) in [4.78, 5) is 54.7. The molecule has 0 spiro atoms. The smallest absolute Gasteiger partial charge is 0.253 e. The number of Topliss-reactive ketones (excluding diaryl/α,β-unsaturated/α-hetero) is 2. The van der Waals surface area contributed by atoms with Crippen LogP contribution in [0.1, 0.15) is 27.9 Å². The number of aliphatic hydroxyl groups is 3. The number of aliphatic hydroxyl groups excluding tert-OH is 2. The fourth-order valence-corrected chi connectivity index (χ4v) is 6.05. The Hall–Kier alpha value is -3.28. The van der Waals surface area contributed by atoms with E-state index in [9.17, 15) is 39.6 Å². The van der Waals surface area contributed by atoms with Crippen molar-refractivity contribution >= 4 is 29.1 Å². The molecule has 3 aliphatic rings. The second-order valence-corrected chi connectivity index (χ2v) is 9.98. The normalized spacial score (nSPS) is 32.1. The van der Waals surface area contributed by atoms with Crippen molar-refractivity contribution in [2.24, 2.45) is 23.5 Å². The number of phenolic OH excluding ortho intramolecular Hbond substituents is 1. The molecule has 0 heterocycles. The molecule has 0 saturated heterocycles. The highest BCUT2D eigenvalue weighted by molar-refractivity contribution is 6.25. The number of likely N-dealkylation sites (N-methyl/N-ethyl adjacent to an activating group) is 1. The van der Waals surface area contributed by atoms with Gasteiger partial charge in [-0.25, -0.2) is 0 Å². The Morgan fingerprint density at radius 2 is 1.74 bits per heavy atom. The molecule has 0 aliphatic heterocycles. The number of phenols is 1. The maximum Gasteiger partial charge on any atom is 0.253 e. The average molecular weight is 488 g/mol. The SMILES string of the molecule is CN(C)C(=O)c1ccc(O)c2c1C[C@H]1C[C@H]3C(N(C)C)C(O)C(C(N)=O)C(=O)C3(O)C(=O)C1=C2O. The highest BCUT2D eigenvalue weighted by Crippen LogP contribution is 2.52. The Balaban J connectivity index is 1.94. The van der Waals surface area contributed by atoms with E-state index >= 15 is 0 Å². The summed E-state index contributed by atoms with van der Waals surface area (Å²) >= 11 is 0. The van der Waals surface area contributed by atoms with Crippen LogP contribution in [0.4, 0.5) is 0 Å². The van der Waals surface area contributed by atoms with Gasteiger partial charge in [-0.15, -0.1) is 0 Å². The van der Waals surface area contributed by atoms with Gasteiger partial charge in [-0.05, 0) is 50.6 Å². The van der Waals surface area contributed by atoms with Crippen molar-refractivity contribution < 1.29 is 39.6 Å². The molecular weight excluding hydrogens is 458 g/mol. The van der Waals surface area contributed by atoms with Crippen LogP contribution in [-0.4, -0.2) is 99.5 Å². The minimum absolute atomic E-state index is 0.0105. The molecule has 11 nitrogen and oxygen atoms in total. The van der Waals surface area contributed by atoms with Gasteiger partial charge in [-0.3, -0.25) is 19.2 Å². The number of fused-ring (bicyclic) bond motifs is 3. The van der Waals surface area contributed by atoms with Crippen LogP contribution in [0.15, 0.2) is 17.7 Å². The summed E-state index contributed by atoms with van der Waals surface area (Å²) in [5.41, 5.74) is 2.85. The lowest BCUT2D eigenvalue weighted by Gasteiger charge is -2.53. The van der Waals surface area contributed by atoms with Gasteiger partial charge in [0.05, 0.1) is 11.7 Å². The lowest BCUT2D eigenvalue weighted by Crippen LogP contribution is -2.73. The number of nitrogens with two attached hydrogens (primary N) is 1. The Labute approximate surface area is 201 Å². The number of nitrogens with zero attached hydrogens (tertiary/aromatic N) is 2. The lowest BCUT2D eigenvalue weighted by molar-refractivity contribution is -0.184. The molecule has 11 heteroatoms. The quantitative estimate of drug-likeness (QED) is 0.328. The lowest BCUT2D eigenvalue weighted by atomic mass is 9.54. The molecule has 1 aromatic carbocycles. The molecule has 2 amide bonds. The Morgan fingerprint density at radius 1 is 1.11 bits per heavy atom. The van der Waals surface area contributed by atoms with E-state index in [0.717, 1.165) is 0 Å². The van der Waals surface area contributed by atoms with E-state index in [1.807, 2.05) is 0 Å². The van der Waals surface area contributed by atoms with Crippen LogP contribution in [0, 0.1) is 17.8 Å². The van der Waals surface area contributed by atoms with E-state index in [-0.39, 0.29) is 41.2 Å². The first-order valence-electron chi connectivity index (χ1n) is 11.2. The van der Waals surface area contributed by atoms with Crippen molar-refractivity contribution in [3.8, 4) is 5.75 Å². The zero-order chi connectivity index (χ0) is 26.1. The largest absolute Gasteiger partial charge is 0.507 e. The van der Waals surface area contributed by atoms with Crippen LogP contribution >= 0.6 is 0 Å². The van der Waals surface area contributed by atoms with Gasteiger partial charge in [0.1, 0.15) is 17.4 Å². The van der Waals surface area contributed by atoms with Crippen molar-refractivity contribution in [1.82, 2.24) is 9.80 Å². The van der Waals surface area contributed by atoms with E-state index in [4.69, 9.17) is 5.73 Å². The van der Waals surface area contributed by atoms with E-state index in [2.05, 4.69) is 0 Å². The Kier molecular flexibility index (Phi) is 5.78. The van der Waals surface area contributed by atoms with Crippen LogP contribution in [0.3, 0.4) is 0 Å². The summed E-state index contributed by atoms with van der Waals surface area (Å²) in [6.45, 7) is 0. The van der Waals surface area contributed by atoms with Gasteiger partial charge in [0.25, 0.3) is 5.91 Å². The third-order valence-corrected chi connectivity index (χ3v) is 7.61. The first-order chi connectivity index (χ1) is 16.2. The molecular formula is C24H29N3O8. The molecule has 0 radical (unpaired) electrons. The number of benzene rings is 1. The van der Waals surface area contributed by atoms with Crippen molar-refractivity contribution in [1.29, 1.82) is 0 Å². The molecule has 4 unspecified atom stereocenters. The summed E-state index contributed by atoms with van der Waals surface area (Å²) in [5.74, 6) is -8.50. The molecule has 3 aliphatic carbocycles. The molecule has 6 atom stereocenters. The molecule has 35 heavy (non-hydrogen) atoms. The van der Waals surface area contributed by atoms with E-state index in [1.165, 1.54) is 21.9 Å². The molecule has 188 valence electrons. The Bertz CT molecular complexity index is 1190. The molecule has 2 saturated carbocycles. The molecule has 4 rings (SSSR count). The predicted molar refractivity (Wildman–Crippen MR) is 122 cm³/mol. The van der Waals surface area contributed by atoms with Gasteiger partial charge in [0, 0.05) is 37.2 Å². The highest BCUT2D eigenvalue weighted by atomic mass is 16.3. The summed E-state index contributed by atoms with van der Waals surface area (Å²) in [5, 5.41) is 44.1. The third-order valence-electron chi connectivity index (χ3n) is 7.61. The number of aromatic hydroxyl groups is 1. The van der Waals surface area contributed by atoms with Gasteiger partial charge < -0.3 is 36.0 Å². The summed E-state index contributed by atoms with van der Waals surface area (Å²) in [6, 6.07) is 1.69. The van der Waals surface area contributed by atoms with Crippen LogP contribution in [0.25, 0.3) is 5.76 Å². The van der Waals surface area contributed by atoms with E-state index in [1.54, 1.807) is 28.2 Å². The topological polar surface area (TPSA) is 182 Å². The number of hydrogen-bond acceptors (Lipinski definition) is 9. The molecule has 6 N–H and O–H groups in total. The first-order valence-corrected chi connectivity index (χ1v) is 11.2. The van der Waals surface area contributed by atoms with Crippen molar-refractivity contribution in [2.45, 2.75) is 30.6 Å². The first kappa shape index (κ1) is 24.8. The fourth-order valence-electron chi connectivity index (χ4n) is 6.05. The molecule has 2 fully saturated rings. The van der Waals surface area contributed by atoms with Crippen molar-refractivity contribution in [3.05, 3.63) is 34.4 Å². The zero-order valence-electron chi connectivity index (χ0n) is 19.8. The predicted octanol–water partition coefficient (Wildman–Crippen LogP) is -1.17. The summed E-state index contributed by atoms with van der Waals surface area (Å²) < 4.78 is 0. The summed E-state index contributed by atoms with van der Waals surface area (Å²) in [6.07, 6.45) is -1.50. The van der Waals surface area contributed by atoms with Gasteiger partial charge in [-0.1, -0.05) is 0 Å². The Morgan fingerprint density at radius 3 is 2.29 bits per heavy atom. The second kappa shape index (κ2) is 8.14. The number of amides is 2. The maximum absolute atomic E-state index is 13.7. The minimum atomic E-state index is -2.71. The number of rotatable bonds is 3.